The van der Waals surface area contributed by atoms with Crippen molar-refractivity contribution >= 4 is 23.2 Å². The van der Waals surface area contributed by atoms with Crippen molar-refractivity contribution in [1.29, 1.82) is 0 Å². The Morgan fingerprint density at radius 2 is 1.81 bits per heavy atom. The molecule has 0 radical (unpaired) electrons. The van der Waals surface area contributed by atoms with E-state index in [1.807, 2.05) is 12.1 Å². The van der Waals surface area contributed by atoms with Gasteiger partial charge in [0.1, 0.15) is 0 Å². The van der Waals surface area contributed by atoms with E-state index in [1.54, 1.807) is 6.07 Å². The van der Waals surface area contributed by atoms with Gasteiger partial charge < -0.3 is 0 Å². The largest absolute Gasteiger partial charge is 0.271 e. The number of hydrogen-bond acceptors (Lipinski definition) is 2. The normalized spacial score (nSPS) is 15.2. The molecule has 2 nitrogen and oxygen atoms in total. The molecule has 1 aromatic rings. The van der Waals surface area contributed by atoms with Crippen molar-refractivity contribution in [1.82, 2.24) is 5.43 Å². The lowest BCUT2D eigenvalue weighted by Crippen LogP contribution is -2.34. The molecule has 0 aromatic heterocycles. The van der Waals surface area contributed by atoms with Crippen molar-refractivity contribution in [2.75, 3.05) is 0 Å². The van der Waals surface area contributed by atoms with Gasteiger partial charge in [0.15, 0.2) is 0 Å². The molecule has 0 fully saturated rings. The SMILES string of the molecule is CC(C)C(C)C(NN)c1cccc(Cl)c1Cl. The molecule has 3 N–H and O–H groups in total. The van der Waals surface area contributed by atoms with E-state index in [9.17, 15) is 0 Å². The Morgan fingerprint density at radius 3 is 2.31 bits per heavy atom. The first kappa shape index (κ1) is 13.8. The first-order chi connectivity index (χ1) is 7.49. The Morgan fingerprint density at radius 1 is 1.19 bits per heavy atom. The average Bonchev–Trinajstić information content (AvgIpc) is 2.24. The topological polar surface area (TPSA) is 38.0 Å². The lowest BCUT2D eigenvalue weighted by molar-refractivity contribution is 0.306. The highest BCUT2D eigenvalue weighted by atomic mass is 35.5. The molecule has 0 amide bonds. The summed E-state index contributed by atoms with van der Waals surface area (Å²) < 4.78 is 0. The van der Waals surface area contributed by atoms with Gasteiger partial charge in [-0.2, -0.15) is 0 Å². The predicted molar refractivity (Wildman–Crippen MR) is 70.5 cm³/mol. The third kappa shape index (κ3) is 2.89. The maximum atomic E-state index is 6.19. The summed E-state index contributed by atoms with van der Waals surface area (Å²) in [7, 11) is 0. The van der Waals surface area contributed by atoms with Crippen LogP contribution < -0.4 is 11.3 Å². The van der Waals surface area contributed by atoms with E-state index in [0.29, 0.717) is 21.9 Å². The van der Waals surface area contributed by atoms with Crippen LogP contribution in [-0.4, -0.2) is 0 Å². The summed E-state index contributed by atoms with van der Waals surface area (Å²) in [6.07, 6.45) is 0. The molecule has 0 saturated carbocycles. The predicted octanol–water partition coefficient (Wildman–Crippen LogP) is 3.79. The summed E-state index contributed by atoms with van der Waals surface area (Å²) in [4.78, 5) is 0. The number of hydrogen-bond donors (Lipinski definition) is 2. The maximum absolute atomic E-state index is 6.19. The molecule has 0 heterocycles. The first-order valence-corrected chi connectivity index (χ1v) is 6.14. The van der Waals surface area contributed by atoms with Crippen molar-refractivity contribution in [2.45, 2.75) is 26.8 Å². The van der Waals surface area contributed by atoms with Crippen LogP contribution in [0.1, 0.15) is 32.4 Å². The third-order valence-corrected chi connectivity index (χ3v) is 3.91. The monoisotopic (exact) mass is 260 g/mol. The minimum absolute atomic E-state index is 0.0196. The number of nitrogens with one attached hydrogen (secondary N) is 1. The van der Waals surface area contributed by atoms with E-state index in [0.717, 1.165) is 5.56 Å². The van der Waals surface area contributed by atoms with Crippen molar-refractivity contribution in [2.24, 2.45) is 17.7 Å². The zero-order valence-electron chi connectivity index (χ0n) is 9.80. The number of hydrazine groups is 1. The Labute approximate surface area is 107 Å². The minimum atomic E-state index is 0.0196. The zero-order valence-corrected chi connectivity index (χ0v) is 11.3. The van der Waals surface area contributed by atoms with Gasteiger partial charge in [0.2, 0.25) is 0 Å². The summed E-state index contributed by atoms with van der Waals surface area (Å²) in [6.45, 7) is 6.47. The highest BCUT2D eigenvalue weighted by Crippen LogP contribution is 2.35. The van der Waals surface area contributed by atoms with Crippen LogP contribution in [0.5, 0.6) is 0 Å². The van der Waals surface area contributed by atoms with E-state index in [2.05, 4.69) is 26.2 Å². The second kappa shape index (κ2) is 5.87. The molecule has 2 atom stereocenters. The molecule has 0 aliphatic carbocycles. The van der Waals surface area contributed by atoms with E-state index < -0.39 is 0 Å². The first-order valence-electron chi connectivity index (χ1n) is 5.39. The molecule has 2 unspecified atom stereocenters. The maximum Gasteiger partial charge on any atom is 0.0640 e. The molecule has 1 aromatic carbocycles. The fourth-order valence-corrected chi connectivity index (χ4v) is 2.10. The number of nitrogens with two attached hydrogens (primary N) is 1. The molecule has 1 rings (SSSR count). The van der Waals surface area contributed by atoms with E-state index in [4.69, 9.17) is 29.0 Å². The molecular weight excluding hydrogens is 243 g/mol. The summed E-state index contributed by atoms with van der Waals surface area (Å²) in [6, 6.07) is 5.64. The number of rotatable bonds is 4. The quantitative estimate of drug-likeness (QED) is 0.639. The van der Waals surface area contributed by atoms with Crippen molar-refractivity contribution in [3.8, 4) is 0 Å². The average molecular weight is 261 g/mol. The van der Waals surface area contributed by atoms with Crippen LogP contribution in [0.2, 0.25) is 10.0 Å². The summed E-state index contributed by atoms with van der Waals surface area (Å²) >= 11 is 12.2. The second-order valence-corrected chi connectivity index (χ2v) is 5.18. The second-order valence-electron chi connectivity index (χ2n) is 4.39. The van der Waals surface area contributed by atoms with Gasteiger partial charge in [-0.15, -0.1) is 0 Å². The smallest absolute Gasteiger partial charge is 0.0640 e. The van der Waals surface area contributed by atoms with Crippen molar-refractivity contribution in [3.63, 3.8) is 0 Å². The molecule has 0 aliphatic rings. The molecular formula is C12H18Cl2N2. The van der Waals surface area contributed by atoms with E-state index in [1.165, 1.54) is 0 Å². The van der Waals surface area contributed by atoms with Crippen LogP contribution in [0.4, 0.5) is 0 Å². The molecule has 90 valence electrons. The van der Waals surface area contributed by atoms with Crippen LogP contribution in [0.15, 0.2) is 18.2 Å². The fraction of sp³-hybridized carbons (Fsp3) is 0.500. The Bertz CT molecular complexity index is 353. The van der Waals surface area contributed by atoms with Crippen LogP contribution >= 0.6 is 23.2 Å². The summed E-state index contributed by atoms with van der Waals surface area (Å²) in [5.74, 6) is 6.50. The summed E-state index contributed by atoms with van der Waals surface area (Å²) in [5.41, 5.74) is 3.78. The van der Waals surface area contributed by atoms with Gasteiger partial charge in [-0.3, -0.25) is 11.3 Å². The van der Waals surface area contributed by atoms with Gasteiger partial charge in [0.25, 0.3) is 0 Å². The molecule has 16 heavy (non-hydrogen) atoms. The van der Waals surface area contributed by atoms with Crippen LogP contribution in [0.3, 0.4) is 0 Å². The standard InChI is InChI=1S/C12H18Cl2N2/c1-7(2)8(3)12(16-15)9-5-4-6-10(13)11(9)14/h4-8,12,16H,15H2,1-3H3. The Balaban J connectivity index is 3.09. The lowest BCUT2D eigenvalue weighted by atomic mass is 9.86. The molecule has 4 heteroatoms. The molecule has 0 saturated heterocycles. The molecule has 0 bridgehead atoms. The zero-order chi connectivity index (χ0) is 12.3. The van der Waals surface area contributed by atoms with Gasteiger partial charge in [-0.25, -0.2) is 0 Å². The van der Waals surface area contributed by atoms with Gasteiger partial charge >= 0.3 is 0 Å². The fourth-order valence-electron chi connectivity index (χ4n) is 1.67. The molecule has 0 spiro atoms. The van der Waals surface area contributed by atoms with Gasteiger partial charge in [-0.05, 0) is 23.5 Å². The van der Waals surface area contributed by atoms with Crippen LogP contribution in [0.25, 0.3) is 0 Å². The van der Waals surface area contributed by atoms with E-state index in [-0.39, 0.29) is 6.04 Å². The summed E-state index contributed by atoms with van der Waals surface area (Å²) in [5, 5.41) is 1.15. The number of halogens is 2. The van der Waals surface area contributed by atoms with Gasteiger partial charge in [0.05, 0.1) is 16.1 Å². The van der Waals surface area contributed by atoms with E-state index >= 15 is 0 Å². The van der Waals surface area contributed by atoms with Crippen LogP contribution in [0, 0.1) is 11.8 Å². The minimum Gasteiger partial charge on any atom is -0.271 e. The highest BCUT2D eigenvalue weighted by Gasteiger charge is 2.23. The van der Waals surface area contributed by atoms with Crippen molar-refractivity contribution < 1.29 is 0 Å². The van der Waals surface area contributed by atoms with Crippen molar-refractivity contribution in [3.05, 3.63) is 33.8 Å². The lowest BCUT2D eigenvalue weighted by Gasteiger charge is -2.27. The Kier molecular flexibility index (Phi) is 5.06. The number of benzene rings is 1. The highest BCUT2D eigenvalue weighted by molar-refractivity contribution is 6.42. The Hall–Kier alpha value is -0.280. The van der Waals surface area contributed by atoms with Gasteiger partial charge in [0, 0.05) is 0 Å². The van der Waals surface area contributed by atoms with Crippen LogP contribution in [-0.2, 0) is 0 Å². The van der Waals surface area contributed by atoms with Gasteiger partial charge in [-0.1, -0.05) is 56.1 Å². The molecule has 0 aliphatic heterocycles. The third-order valence-electron chi connectivity index (χ3n) is 3.07.